The van der Waals surface area contributed by atoms with Crippen molar-refractivity contribution in [1.29, 1.82) is 0 Å². The van der Waals surface area contributed by atoms with Gasteiger partial charge in [-0.25, -0.2) is 0 Å². The first-order valence-electron chi connectivity index (χ1n) is 7.40. The lowest BCUT2D eigenvalue weighted by atomic mass is 10.2. The fourth-order valence-electron chi connectivity index (χ4n) is 1.92. The number of hydrogen-bond donors (Lipinski definition) is 1. The zero-order chi connectivity index (χ0) is 15.5. The predicted molar refractivity (Wildman–Crippen MR) is 85.2 cm³/mol. The Balaban J connectivity index is 2.33. The van der Waals surface area contributed by atoms with Crippen molar-refractivity contribution in [3.8, 4) is 11.5 Å². The zero-order valence-electron chi connectivity index (χ0n) is 13.6. The molecule has 1 rings (SSSR count). The van der Waals surface area contributed by atoms with Gasteiger partial charge in [0, 0.05) is 25.2 Å². The van der Waals surface area contributed by atoms with E-state index in [9.17, 15) is 0 Å². The molecule has 0 bridgehead atoms. The van der Waals surface area contributed by atoms with Crippen LogP contribution < -0.4 is 14.8 Å². The molecule has 0 unspecified atom stereocenters. The Morgan fingerprint density at radius 1 is 1.19 bits per heavy atom. The van der Waals surface area contributed by atoms with Crippen LogP contribution in [-0.4, -0.2) is 59.0 Å². The van der Waals surface area contributed by atoms with Crippen LogP contribution in [0.25, 0.3) is 0 Å². The van der Waals surface area contributed by atoms with Crippen molar-refractivity contribution in [2.24, 2.45) is 0 Å². The SMILES string of the molecule is CCOc1cccc(CNCCOCCN(C)C)c1OC. The molecule has 0 saturated heterocycles. The van der Waals surface area contributed by atoms with E-state index in [-0.39, 0.29) is 0 Å². The quantitative estimate of drug-likeness (QED) is 0.630. The van der Waals surface area contributed by atoms with Crippen LogP contribution in [0.2, 0.25) is 0 Å². The number of para-hydroxylation sites is 1. The van der Waals surface area contributed by atoms with Gasteiger partial charge < -0.3 is 24.4 Å². The topological polar surface area (TPSA) is 43.0 Å². The van der Waals surface area contributed by atoms with Gasteiger partial charge in [-0.1, -0.05) is 12.1 Å². The van der Waals surface area contributed by atoms with E-state index >= 15 is 0 Å². The van der Waals surface area contributed by atoms with Crippen LogP contribution in [0.1, 0.15) is 12.5 Å². The summed E-state index contributed by atoms with van der Waals surface area (Å²) in [4.78, 5) is 2.11. The van der Waals surface area contributed by atoms with E-state index in [0.717, 1.165) is 43.3 Å². The van der Waals surface area contributed by atoms with Crippen molar-refractivity contribution in [3.63, 3.8) is 0 Å². The minimum absolute atomic E-state index is 0.632. The molecule has 120 valence electrons. The summed E-state index contributed by atoms with van der Waals surface area (Å²) in [7, 11) is 5.75. The van der Waals surface area contributed by atoms with Crippen LogP contribution in [0.5, 0.6) is 11.5 Å². The van der Waals surface area contributed by atoms with Gasteiger partial charge in [0.15, 0.2) is 11.5 Å². The molecule has 0 fully saturated rings. The van der Waals surface area contributed by atoms with Crippen LogP contribution in [0.4, 0.5) is 0 Å². The molecule has 1 N–H and O–H groups in total. The molecule has 21 heavy (non-hydrogen) atoms. The van der Waals surface area contributed by atoms with Crippen molar-refractivity contribution in [2.45, 2.75) is 13.5 Å². The Morgan fingerprint density at radius 2 is 2.00 bits per heavy atom. The highest BCUT2D eigenvalue weighted by Crippen LogP contribution is 2.30. The molecule has 0 amide bonds. The van der Waals surface area contributed by atoms with Crippen molar-refractivity contribution >= 4 is 0 Å². The highest BCUT2D eigenvalue weighted by Gasteiger charge is 2.09. The van der Waals surface area contributed by atoms with E-state index < -0.39 is 0 Å². The first-order chi connectivity index (χ1) is 10.2. The summed E-state index contributed by atoms with van der Waals surface area (Å²) in [6.45, 7) is 6.57. The maximum atomic E-state index is 5.57. The van der Waals surface area contributed by atoms with Gasteiger partial charge in [-0.05, 0) is 27.1 Å². The number of likely N-dealkylation sites (N-methyl/N-ethyl adjacent to an activating group) is 1. The average Bonchev–Trinajstić information content (AvgIpc) is 2.46. The second-order valence-corrected chi connectivity index (χ2v) is 4.97. The minimum atomic E-state index is 0.632. The zero-order valence-corrected chi connectivity index (χ0v) is 13.6. The Hall–Kier alpha value is -1.30. The first-order valence-corrected chi connectivity index (χ1v) is 7.40. The number of rotatable bonds is 11. The summed E-state index contributed by atoms with van der Waals surface area (Å²) in [5, 5.41) is 3.36. The van der Waals surface area contributed by atoms with Crippen molar-refractivity contribution in [3.05, 3.63) is 23.8 Å². The monoisotopic (exact) mass is 296 g/mol. The predicted octanol–water partition coefficient (Wildman–Crippen LogP) is 1.76. The molecule has 0 saturated carbocycles. The molecule has 0 aliphatic carbocycles. The van der Waals surface area contributed by atoms with E-state index in [4.69, 9.17) is 14.2 Å². The summed E-state index contributed by atoms with van der Waals surface area (Å²) < 4.78 is 16.6. The third-order valence-corrected chi connectivity index (χ3v) is 2.99. The Kier molecular flexibility index (Phi) is 8.82. The minimum Gasteiger partial charge on any atom is -0.493 e. The van der Waals surface area contributed by atoms with E-state index in [0.29, 0.717) is 13.2 Å². The molecule has 0 heterocycles. The lowest BCUT2D eigenvalue weighted by Gasteiger charge is -2.14. The van der Waals surface area contributed by atoms with Gasteiger partial charge in [-0.15, -0.1) is 0 Å². The highest BCUT2D eigenvalue weighted by molar-refractivity contribution is 5.46. The second kappa shape index (κ2) is 10.4. The Labute approximate surface area is 128 Å². The Bertz CT molecular complexity index is 397. The summed E-state index contributed by atoms with van der Waals surface area (Å²) in [6.07, 6.45) is 0. The standard InChI is InChI=1S/C16H28N2O3/c1-5-21-15-8-6-7-14(16(15)19-4)13-17-9-11-20-12-10-18(2)3/h6-8,17H,5,9-13H2,1-4H3. The summed E-state index contributed by atoms with van der Waals surface area (Å²) in [5.41, 5.74) is 1.09. The summed E-state index contributed by atoms with van der Waals surface area (Å²) >= 11 is 0. The second-order valence-electron chi connectivity index (χ2n) is 4.97. The van der Waals surface area contributed by atoms with Crippen LogP contribution in [0.3, 0.4) is 0 Å². The summed E-state index contributed by atoms with van der Waals surface area (Å²) in [6, 6.07) is 5.95. The van der Waals surface area contributed by atoms with Crippen LogP contribution in [0, 0.1) is 0 Å². The van der Waals surface area contributed by atoms with Gasteiger partial charge in [0.1, 0.15) is 0 Å². The highest BCUT2D eigenvalue weighted by atomic mass is 16.5. The van der Waals surface area contributed by atoms with Gasteiger partial charge >= 0.3 is 0 Å². The fraction of sp³-hybridized carbons (Fsp3) is 0.625. The van der Waals surface area contributed by atoms with Crippen molar-refractivity contribution in [2.75, 3.05) is 54.1 Å². The molecule has 0 aliphatic heterocycles. The molecule has 5 heteroatoms. The Morgan fingerprint density at radius 3 is 2.67 bits per heavy atom. The van der Waals surface area contributed by atoms with Gasteiger partial charge in [-0.2, -0.15) is 0 Å². The number of methoxy groups -OCH3 is 1. The molecular formula is C16H28N2O3. The van der Waals surface area contributed by atoms with Gasteiger partial charge in [0.2, 0.25) is 0 Å². The average molecular weight is 296 g/mol. The third-order valence-electron chi connectivity index (χ3n) is 2.99. The van der Waals surface area contributed by atoms with Crippen LogP contribution in [-0.2, 0) is 11.3 Å². The van der Waals surface area contributed by atoms with E-state index in [1.165, 1.54) is 0 Å². The maximum Gasteiger partial charge on any atom is 0.165 e. The molecular weight excluding hydrogens is 268 g/mol. The van der Waals surface area contributed by atoms with Gasteiger partial charge in [0.25, 0.3) is 0 Å². The molecule has 0 aliphatic rings. The molecule has 0 spiro atoms. The normalized spacial score (nSPS) is 10.9. The van der Waals surface area contributed by atoms with Crippen LogP contribution in [0.15, 0.2) is 18.2 Å². The smallest absolute Gasteiger partial charge is 0.165 e. The van der Waals surface area contributed by atoms with Crippen LogP contribution >= 0.6 is 0 Å². The summed E-state index contributed by atoms with van der Waals surface area (Å²) in [5.74, 6) is 1.60. The first kappa shape index (κ1) is 17.8. The van der Waals surface area contributed by atoms with E-state index in [2.05, 4.69) is 10.2 Å². The molecule has 0 radical (unpaired) electrons. The number of hydrogen-bond acceptors (Lipinski definition) is 5. The van der Waals surface area contributed by atoms with Gasteiger partial charge in [0.05, 0.1) is 26.9 Å². The third kappa shape index (κ3) is 6.80. The lowest BCUT2D eigenvalue weighted by Crippen LogP contribution is -2.23. The number of benzene rings is 1. The molecule has 1 aromatic carbocycles. The number of ether oxygens (including phenoxy) is 3. The fourth-order valence-corrected chi connectivity index (χ4v) is 1.92. The molecule has 0 aromatic heterocycles. The van der Waals surface area contributed by atoms with E-state index in [1.807, 2.05) is 39.2 Å². The molecule has 5 nitrogen and oxygen atoms in total. The van der Waals surface area contributed by atoms with Crippen molar-refractivity contribution in [1.82, 2.24) is 10.2 Å². The largest absolute Gasteiger partial charge is 0.493 e. The number of nitrogens with one attached hydrogen (secondary N) is 1. The molecule has 1 aromatic rings. The number of nitrogens with zero attached hydrogens (tertiary/aromatic N) is 1. The maximum absolute atomic E-state index is 5.57. The lowest BCUT2D eigenvalue weighted by molar-refractivity contribution is 0.119. The van der Waals surface area contributed by atoms with E-state index in [1.54, 1.807) is 7.11 Å². The van der Waals surface area contributed by atoms with Gasteiger partial charge in [-0.3, -0.25) is 0 Å². The molecule has 0 atom stereocenters. The van der Waals surface area contributed by atoms with Crippen molar-refractivity contribution < 1.29 is 14.2 Å².